The lowest BCUT2D eigenvalue weighted by molar-refractivity contribution is 0.0667. The highest BCUT2D eigenvalue weighted by molar-refractivity contribution is 5.98. The van der Waals surface area contributed by atoms with Gasteiger partial charge in [-0.25, -0.2) is 0 Å². The van der Waals surface area contributed by atoms with E-state index in [1.807, 2.05) is 31.2 Å². The van der Waals surface area contributed by atoms with Crippen molar-refractivity contribution in [1.29, 1.82) is 5.26 Å². The van der Waals surface area contributed by atoms with E-state index in [0.717, 1.165) is 0 Å². The van der Waals surface area contributed by atoms with E-state index >= 15 is 0 Å². The lowest BCUT2D eigenvalue weighted by Crippen LogP contribution is -2.22. The van der Waals surface area contributed by atoms with Crippen molar-refractivity contribution in [2.24, 2.45) is 5.92 Å². The molecule has 0 aromatic heterocycles. The largest absolute Gasteiger partial charge is 0.388 e. The van der Waals surface area contributed by atoms with Crippen LogP contribution in [0.25, 0.3) is 0 Å². The van der Waals surface area contributed by atoms with Gasteiger partial charge in [-0.05, 0) is 24.1 Å². The Morgan fingerprint density at radius 1 is 1.14 bits per heavy atom. The molecule has 2 rings (SSSR count). The van der Waals surface area contributed by atoms with E-state index in [-0.39, 0.29) is 5.78 Å². The fourth-order valence-corrected chi connectivity index (χ4v) is 2.36. The van der Waals surface area contributed by atoms with E-state index in [9.17, 15) is 9.90 Å². The van der Waals surface area contributed by atoms with Gasteiger partial charge in [0.2, 0.25) is 0 Å². The van der Waals surface area contributed by atoms with Crippen molar-refractivity contribution < 1.29 is 9.90 Å². The summed E-state index contributed by atoms with van der Waals surface area (Å²) in [5, 5.41) is 19.3. The van der Waals surface area contributed by atoms with Crippen LogP contribution < -0.4 is 0 Å². The van der Waals surface area contributed by atoms with Gasteiger partial charge in [0, 0.05) is 5.56 Å². The van der Waals surface area contributed by atoms with Crippen LogP contribution in [-0.2, 0) is 0 Å². The van der Waals surface area contributed by atoms with Crippen LogP contribution in [0.5, 0.6) is 0 Å². The molecule has 0 aliphatic carbocycles. The zero-order valence-electron chi connectivity index (χ0n) is 11.9. The van der Waals surface area contributed by atoms with Crippen LogP contribution in [0, 0.1) is 17.2 Å². The van der Waals surface area contributed by atoms with Crippen LogP contribution >= 0.6 is 0 Å². The van der Waals surface area contributed by atoms with Gasteiger partial charge in [0.25, 0.3) is 0 Å². The minimum absolute atomic E-state index is 0.0602. The number of carbonyl (C=O) groups excluding carboxylic acids is 1. The number of nitrogens with zero attached hydrogens (tertiary/aromatic N) is 1. The van der Waals surface area contributed by atoms with Gasteiger partial charge < -0.3 is 5.11 Å². The van der Waals surface area contributed by atoms with Gasteiger partial charge in [0.15, 0.2) is 5.78 Å². The SMILES string of the molecule is CC[C@@H](C(=O)c1ccccc1)[C@H](O)c1ccc(C#N)cc1. The first-order chi connectivity index (χ1) is 10.2. The monoisotopic (exact) mass is 279 g/mol. The molecule has 0 bridgehead atoms. The van der Waals surface area contributed by atoms with Crippen LogP contribution in [0.3, 0.4) is 0 Å². The topological polar surface area (TPSA) is 61.1 Å². The van der Waals surface area contributed by atoms with Gasteiger partial charge in [-0.15, -0.1) is 0 Å². The molecule has 2 aromatic rings. The van der Waals surface area contributed by atoms with E-state index in [2.05, 4.69) is 0 Å². The second kappa shape index (κ2) is 6.83. The Labute approximate surface area is 124 Å². The summed E-state index contributed by atoms with van der Waals surface area (Å²) in [7, 11) is 0. The number of carbonyl (C=O) groups is 1. The Balaban J connectivity index is 2.24. The van der Waals surface area contributed by atoms with Crippen LogP contribution in [0.2, 0.25) is 0 Å². The summed E-state index contributed by atoms with van der Waals surface area (Å²) < 4.78 is 0. The number of aliphatic hydroxyl groups excluding tert-OH is 1. The van der Waals surface area contributed by atoms with Gasteiger partial charge >= 0.3 is 0 Å². The average Bonchev–Trinajstić information content (AvgIpc) is 2.56. The molecular weight excluding hydrogens is 262 g/mol. The second-order valence-electron chi connectivity index (χ2n) is 4.92. The average molecular weight is 279 g/mol. The molecule has 3 nitrogen and oxygen atoms in total. The standard InChI is InChI=1S/C18H17NO2/c1-2-16(17(20)14-6-4-3-5-7-14)18(21)15-10-8-13(12-19)9-11-15/h3-11,16,18,21H,2H2,1H3/t16-,18+/m0/s1. The Morgan fingerprint density at radius 3 is 2.29 bits per heavy atom. The van der Waals surface area contributed by atoms with Crippen molar-refractivity contribution in [3.63, 3.8) is 0 Å². The third-order valence-electron chi connectivity index (χ3n) is 3.60. The minimum Gasteiger partial charge on any atom is -0.388 e. The molecule has 2 aromatic carbocycles. The maximum Gasteiger partial charge on any atom is 0.168 e. The third kappa shape index (κ3) is 3.36. The number of aliphatic hydroxyl groups is 1. The lowest BCUT2D eigenvalue weighted by Gasteiger charge is -2.21. The smallest absolute Gasteiger partial charge is 0.168 e. The van der Waals surface area contributed by atoms with Crippen LogP contribution in [0.15, 0.2) is 54.6 Å². The summed E-state index contributed by atoms with van der Waals surface area (Å²) in [5.74, 6) is -0.546. The summed E-state index contributed by atoms with van der Waals surface area (Å²) in [4.78, 5) is 12.5. The quantitative estimate of drug-likeness (QED) is 0.852. The fraction of sp³-hybridized carbons (Fsp3) is 0.222. The van der Waals surface area contributed by atoms with Crippen molar-refractivity contribution in [2.45, 2.75) is 19.4 Å². The van der Waals surface area contributed by atoms with E-state index in [1.165, 1.54) is 0 Å². The van der Waals surface area contributed by atoms with E-state index in [0.29, 0.717) is 23.1 Å². The van der Waals surface area contributed by atoms with E-state index in [4.69, 9.17) is 5.26 Å². The number of ketones is 1. The van der Waals surface area contributed by atoms with Gasteiger partial charge in [-0.3, -0.25) is 4.79 Å². The predicted molar refractivity (Wildman–Crippen MR) is 80.7 cm³/mol. The highest BCUT2D eigenvalue weighted by Crippen LogP contribution is 2.28. The number of benzene rings is 2. The molecule has 3 heteroatoms. The van der Waals surface area contributed by atoms with E-state index in [1.54, 1.807) is 36.4 Å². The molecule has 0 fully saturated rings. The number of hydrogen-bond donors (Lipinski definition) is 1. The first kappa shape index (κ1) is 15.0. The van der Waals surface area contributed by atoms with Gasteiger partial charge in [-0.2, -0.15) is 5.26 Å². The molecule has 0 amide bonds. The number of rotatable bonds is 5. The van der Waals surface area contributed by atoms with Gasteiger partial charge in [0.05, 0.1) is 23.7 Å². The molecule has 0 saturated carbocycles. The van der Waals surface area contributed by atoms with Crippen molar-refractivity contribution in [3.8, 4) is 6.07 Å². The molecule has 0 heterocycles. The van der Waals surface area contributed by atoms with Crippen molar-refractivity contribution in [3.05, 3.63) is 71.3 Å². The zero-order chi connectivity index (χ0) is 15.2. The molecule has 21 heavy (non-hydrogen) atoms. The minimum atomic E-state index is -0.865. The van der Waals surface area contributed by atoms with Crippen molar-refractivity contribution in [1.82, 2.24) is 0 Å². The highest BCUT2D eigenvalue weighted by atomic mass is 16.3. The molecular formula is C18H17NO2. The summed E-state index contributed by atoms with van der Waals surface area (Å²) in [6, 6.07) is 17.7. The van der Waals surface area contributed by atoms with Gasteiger partial charge in [-0.1, -0.05) is 49.4 Å². The Bertz CT molecular complexity index is 641. The Kier molecular flexibility index (Phi) is 4.86. The molecule has 1 N–H and O–H groups in total. The third-order valence-corrected chi connectivity index (χ3v) is 3.60. The van der Waals surface area contributed by atoms with Gasteiger partial charge in [0.1, 0.15) is 0 Å². The molecule has 2 atom stereocenters. The highest BCUT2D eigenvalue weighted by Gasteiger charge is 2.27. The zero-order valence-corrected chi connectivity index (χ0v) is 11.9. The first-order valence-electron chi connectivity index (χ1n) is 6.94. The number of nitriles is 1. The van der Waals surface area contributed by atoms with Crippen LogP contribution in [-0.4, -0.2) is 10.9 Å². The molecule has 0 radical (unpaired) electrons. The molecule has 0 spiro atoms. The molecule has 0 saturated heterocycles. The lowest BCUT2D eigenvalue weighted by atomic mass is 9.86. The Hall–Kier alpha value is -2.44. The van der Waals surface area contributed by atoms with E-state index < -0.39 is 12.0 Å². The van der Waals surface area contributed by atoms with Crippen LogP contribution in [0.1, 0.15) is 40.9 Å². The summed E-state index contributed by atoms with van der Waals surface area (Å²) in [6.45, 7) is 1.89. The normalized spacial score (nSPS) is 13.2. The summed E-state index contributed by atoms with van der Waals surface area (Å²) in [6.07, 6.45) is -0.315. The maximum absolute atomic E-state index is 12.5. The molecule has 106 valence electrons. The summed E-state index contributed by atoms with van der Waals surface area (Å²) >= 11 is 0. The van der Waals surface area contributed by atoms with Crippen molar-refractivity contribution >= 4 is 5.78 Å². The summed E-state index contributed by atoms with van der Waals surface area (Å²) in [5.41, 5.74) is 1.80. The fourth-order valence-electron chi connectivity index (χ4n) is 2.36. The molecule has 0 aliphatic heterocycles. The Morgan fingerprint density at radius 2 is 1.76 bits per heavy atom. The molecule has 0 unspecified atom stereocenters. The number of Topliss-reactive ketones (excluding diaryl/α,β-unsaturated/α-hetero) is 1. The van der Waals surface area contributed by atoms with Crippen LogP contribution in [0.4, 0.5) is 0 Å². The predicted octanol–water partition coefficient (Wildman–Crippen LogP) is 3.50. The van der Waals surface area contributed by atoms with Crippen molar-refractivity contribution in [2.75, 3.05) is 0 Å². The number of hydrogen-bond acceptors (Lipinski definition) is 3. The second-order valence-corrected chi connectivity index (χ2v) is 4.92. The first-order valence-corrected chi connectivity index (χ1v) is 6.94. The maximum atomic E-state index is 12.5. The molecule has 0 aliphatic rings.